The van der Waals surface area contributed by atoms with Crippen molar-refractivity contribution in [1.82, 2.24) is 16.2 Å². The van der Waals surface area contributed by atoms with Crippen molar-refractivity contribution in [2.24, 2.45) is 0 Å². The molecule has 0 spiro atoms. The first kappa shape index (κ1) is 24.4. The van der Waals surface area contributed by atoms with E-state index < -0.39 is 11.8 Å². The fourth-order valence-electron chi connectivity index (χ4n) is 2.78. The van der Waals surface area contributed by atoms with Gasteiger partial charge in [-0.1, -0.05) is 30.3 Å². The number of hydrogen-bond donors (Lipinski definition) is 3. The van der Waals surface area contributed by atoms with Crippen molar-refractivity contribution in [2.75, 3.05) is 26.9 Å². The molecule has 0 radical (unpaired) electrons. The highest BCUT2D eigenvalue weighted by molar-refractivity contribution is 9.10. The van der Waals surface area contributed by atoms with Gasteiger partial charge in [-0.15, -0.1) is 0 Å². The van der Waals surface area contributed by atoms with Gasteiger partial charge in [-0.2, -0.15) is 0 Å². The molecule has 3 rings (SSSR count). The molecule has 0 heterocycles. The van der Waals surface area contributed by atoms with Gasteiger partial charge in [-0.3, -0.25) is 25.8 Å². The Hall–Kier alpha value is -3.21. The summed E-state index contributed by atoms with van der Waals surface area (Å²) in [7, 11) is 1.59. The lowest BCUT2D eigenvalue weighted by Crippen LogP contribution is -2.49. The summed E-state index contributed by atoms with van der Waals surface area (Å²) in [6.45, 7) is 0.640. The molecular formula is C23H22BrN3O5S. The molecule has 3 aromatic rings. The number of ether oxygens (including phenoxy) is 3. The van der Waals surface area contributed by atoms with E-state index in [4.69, 9.17) is 26.4 Å². The van der Waals surface area contributed by atoms with Crippen molar-refractivity contribution in [1.29, 1.82) is 0 Å². The molecule has 172 valence electrons. The Morgan fingerprint density at radius 3 is 2.45 bits per heavy atom. The first-order valence-corrected chi connectivity index (χ1v) is 11.1. The van der Waals surface area contributed by atoms with Crippen LogP contribution in [0.2, 0.25) is 0 Å². The smallest absolute Gasteiger partial charge is 0.276 e. The maximum absolute atomic E-state index is 12.3. The van der Waals surface area contributed by atoms with Crippen LogP contribution in [0, 0.1) is 0 Å². The van der Waals surface area contributed by atoms with Crippen LogP contribution in [0.5, 0.6) is 11.5 Å². The molecule has 0 saturated carbocycles. The number of carbonyl (C=O) groups excluding carboxylic acids is 2. The van der Waals surface area contributed by atoms with Crippen LogP contribution in [0.4, 0.5) is 0 Å². The van der Waals surface area contributed by atoms with Gasteiger partial charge in [0.15, 0.2) is 11.7 Å². The SMILES string of the molecule is COCCOc1ccc(C(=O)NC(=S)NNC(=O)COc2ccc3ccccc3c2Br)cc1. The van der Waals surface area contributed by atoms with Crippen LogP contribution in [0.1, 0.15) is 10.4 Å². The highest BCUT2D eigenvalue weighted by Gasteiger charge is 2.11. The standard InChI is InChI=1S/C23H22BrN3O5S/c1-30-12-13-31-17-9-6-16(7-10-17)22(29)25-23(33)27-26-20(28)14-32-19-11-8-15-4-2-3-5-18(15)21(19)24/h2-11H,12-14H2,1H3,(H,26,28)(H2,25,27,29,33). The molecule has 0 saturated heterocycles. The largest absolute Gasteiger partial charge is 0.491 e. The quantitative estimate of drug-likeness (QED) is 0.233. The Bertz CT molecular complexity index is 1140. The number of hydrazine groups is 1. The third-order valence-corrected chi connectivity index (χ3v) is 5.42. The van der Waals surface area contributed by atoms with Gasteiger partial charge in [0.05, 0.1) is 11.1 Å². The zero-order chi connectivity index (χ0) is 23.6. The van der Waals surface area contributed by atoms with Crippen LogP contribution >= 0.6 is 28.1 Å². The van der Waals surface area contributed by atoms with Gasteiger partial charge >= 0.3 is 0 Å². The molecule has 8 nitrogen and oxygen atoms in total. The number of rotatable bonds is 8. The zero-order valence-electron chi connectivity index (χ0n) is 17.7. The second-order valence-electron chi connectivity index (χ2n) is 6.71. The van der Waals surface area contributed by atoms with Crippen LogP contribution in [-0.2, 0) is 9.53 Å². The first-order valence-electron chi connectivity index (χ1n) is 9.90. The van der Waals surface area contributed by atoms with E-state index >= 15 is 0 Å². The topological polar surface area (TPSA) is 97.9 Å². The average molecular weight is 532 g/mol. The molecule has 0 bridgehead atoms. The van der Waals surface area contributed by atoms with E-state index in [1.807, 2.05) is 30.3 Å². The fourth-order valence-corrected chi connectivity index (χ4v) is 3.53. The summed E-state index contributed by atoms with van der Waals surface area (Å²) < 4.78 is 16.7. The van der Waals surface area contributed by atoms with Crippen LogP contribution < -0.4 is 25.6 Å². The number of amides is 2. The third kappa shape index (κ3) is 7.14. The van der Waals surface area contributed by atoms with Gasteiger partial charge in [0, 0.05) is 12.7 Å². The van der Waals surface area contributed by atoms with Gasteiger partial charge < -0.3 is 14.2 Å². The average Bonchev–Trinajstić information content (AvgIpc) is 2.83. The summed E-state index contributed by atoms with van der Waals surface area (Å²) in [5.41, 5.74) is 5.25. The summed E-state index contributed by atoms with van der Waals surface area (Å²) in [4.78, 5) is 24.4. The number of benzene rings is 3. The minimum Gasteiger partial charge on any atom is -0.491 e. The predicted molar refractivity (Wildman–Crippen MR) is 132 cm³/mol. The zero-order valence-corrected chi connectivity index (χ0v) is 20.1. The van der Waals surface area contributed by atoms with Crippen molar-refractivity contribution in [2.45, 2.75) is 0 Å². The lowest BCUT2D eigenvalue weighted by molar-refractivity contribution is -0.123. The van der Waals surface area contributed by atoms with Gasteiger partial charge in [-0.25, -0.2) is 0 Å². The number of methoxy groups -OCH3 is 1. The Morgan fingerprint density at radius 2 is 1.70 bits per heavy atom. The maximum atomic E-state index is 12.3. The van der Waals surface area contributed by atoms with E-state index in [2.05, 4.69) is 32.1 Å². The van der Waals surface area contributed by atoms with Crippen molar-refractivity contribution < 1.29 is 23.8 Å². The van der Waals surface area contributed by atoms with Gasteiger partial charge in [0.25, 0.3) is 11.8 Å². The molecule has 0 unspecified atom stereocenters. The Balaban J connectivity index is 1.42. The first-order chi connectivity index (χ1) is 16.0. The van der Waals surface area contributed by atoms with Crippen LogP contribution in [0.3, 0.4) is 0 Å². The molecule has 0 aliphatic rings. The van der Waals surface area contributed by atoms with Crippen LogP contribution in [0.15, 0.2) is 65.1 Å². The number of fused-ring (bicyclic) bond motifs is 1. The number of thiocarbonyl (C=S) groups is 1. The predicted octanol–water partition coefficient (Wildman–Crippen LogP) is 3.34. The van der Waals surface area contributed by atoms with Crippen LogP contribution in [0.25, 0.3) is 10.8 Å². The summed E-state index contributed by atoms with van der Waals surface area (Å²) in [5, 5.41) is 4.46. The third-order valence-electron chi connectivity index (χ3n) is 4.40. The Morgan fingerprint density at radius 1 is 0.939 bits per heavy atom. The molecule has 10 heteroatoms. The molecule has 0 aliphatic heterocycles. The van der Waals surface area contributed by atoms with Crippen molar-refractivity contribution in [3.63, 3.8) is 0 Å². The monoisotopic (exact) mass is 531 g/mol. The molecule has 0 atom stereocenters. The van der Waals surface area contributed by atoms with E-state index in [1.54, 1.807) is 37.4 Å². The van der Waals surface area contributed by atoms with E-state index in [9.17, 15) is 9.59 Å². The van der Waals surface area contributed by atoms with Crippen molar-refractivity contribution >= 4 is 55.8 Å². The normalized spacial score (nSPS) is 10.4. The fraction of sp³-hybridized carbons (Fsp3) is 0.174. The van der Waals surface area contributed by atoms with Gasteiger partial charge in [0.2, 0.25) is 0 Å². The second kappa shape index (κ2) is 12.1. The second-order valence-corrected chi connectivity index (χ2v) is 7.91. The maximum Gasteiger partial charge on any atom is 0.276 e. The Kier molecular flexibility index (Phi) is 8.99. The number of nitrogens with one attached hydrogen (secondary N) is 3. The summed E-state index contributed by atoms with van der Waals surface area (Å²) in [6.07, 6.45) is 0. The molecule has 3 aromatic carbocycles. The van der Waals surface area contributed by atoms with Gasteiger partial charge in [-0.05, 0) is 69.3 Å². The highest BCUT2D eigenvalue weighted by Crippen LogP contribution is 2.32. The van der Waals surface area contributed by atoms with Crippen LogP contribution in [-0.4, -0.2) is 43.9 Å². The minimum atomic E-state index is -0.468. The molecule has 3 N–H and O–H groups in total. The molecule has 0 aliphatic carbocycles. The molecule has 0 aromatic heterocycles. The van der Waals surface area contributed by atoms with E-state index in [0.717, 1.165) is 15.2 Å². The van der Waals surface area contributed by atoms with E-state index in [0.29, 0.717) is 30.3 Å². The molecular weight excluding hydrogens is 510 g/mol. The van der Waals surface area contributed by atoms with Crippen molar-refractivity contribution in [3.8, 4) is 11.5 Å². The molecule has 2 amide bonds. The highest BCUT2D eigenvalue weighted by atomic mass is 79.9. The molecule has 33 heavy (non-hydrogen) atoms. The summed E-state index contributed by atoms with van der Waals surface area (Å²) >= 11 is 8.56. The number of halogens is 1. The minimum absolute atomic E-state index is 0.0549. The number of hydrogen-bond acceptors (Lipinski definition) is 6. The lowest BCUT2D eigenvalue weighted by Gasteiger charge is -2.13. The number of carbonyl (C=O) groups is 2. The van der Waals surface area contributed by atoms with Crippen molar-refractivity contribution in [3.05, 3.63) is 70.7 Å². The van der Waals surface area contributed by atoms with E-state index in [1.165, 1.54) is 0 Å². The molecule has 0 fully saturated rings. The Labute approximate surface area is 204 Å². The summed E-state index contributed by atoms with van der Waals surface area (Å²) in [6, 6.07) is 18.1. The summed E-state index contributed by atoms with van der Waals surface area (Å²) in [5.74, 6) is 0.259. The lowest BCUT2D eigenvalue weighted by atomic mass is 10.1. The van der Waals surface area contributed by atoms with E-state index in [-0.39, 0.29) is 11.7 Å². The van der Waals surface area contributed by atoms with Gasteiger partial charge in [0.1, 0.15) is 18.1 Å².